The van der Waals surface area contributed by atoms with Crippen LogP contribution in [0.2, 0.25) is 0 Å². The second-order valence-corrected chi connectivity index (χ2v) is 4.78. The average Bonchev–Trinajstić information content (AvgIpc) is 2.36. The Kier molecular flexibility index (Phi) is 6.56. The highest BCUT2D eigenvalue weighted by atomic mass is 16.5. The maximum atomic E-state index is 5.14. The van der Waals surface area contributed by atoms with Crippen molar-refractivity contribution in [1.82, 2.24) is 9.97 Å². The van der Waals surface area contributed by atoms with Gasteiger partial charge in [-0.05, 0) is 27.2 Å². The Morgan fingerprint density at radius 1 is 1.32 bits per heavy atom. The van der Waals surface area contributed by atoms with Crippen molar-refractivity contribution in [2.75, 3.05) is 30.4 Å². The number of rotatable bonds is 8. The smallest absolute Gasteiger partial charge is 0.158 e. The van der Waals surface area contributed by atoms with E-state index in [1.54, 1.807) is 7.11 Å². The minimum atomic E-state index is 0.416. The van der Waals surface area contributed by atoms with Crippen molar-refractivity contribution in [2.45, 2.75) is 46.8 Å². The largest absolute Gasteiger partial charge is 0.377 e. The van der Waals surface area contributed by atoms with Gasteiger partial charge in [-0.2, -0.15) is 0 Å². The fourth-order valence-electron chi connectivity index (χ4n) is 1.97. The third kappa shape index (κ3) is 4.67. The van der Waals surface area contributed by atoms with Gasteiger partial charge in [0, 0.05) is 32.3 Å². The third-order valence-electron chi connectivity index (χ3n) is 2.77. The molecule has 0 amide bonds. The summed E-state index contributed by atoms with van der Waals surface area (Å²) in [7, 11) is 1.66. The highest BCUT2D eigenvalue weighted by Gasteiger charge is 2.13. The van der Waals surface area contributed by atoms with Gasteiger partial charge >= 0.3 is 0 Å². The predicted octanol–water partition coefficient (Wildman–Crippen LogP) is 2.68. The van der Waals surface area contributed by atoms with Crippen LogP contribution in [0.3, 0.4) is 0 Å². The Balaban J connectivity index is 3.08. The summed E-state index contributed by atoms with van der Waals surface area (Å²) in [6.07, 6.45) is 1.10. The van der Waals surface area contributed by atoms with E-state index in [-0.39, 0.29) is 0 Å². The standard InChI is InChI=1S/C14H26N4O/c1-6-8-18(11(3)4)14-9-12(15-7-2)16-13(17-14)10-19-5/h9,11H,6-8,10H2,1-5H3,(H,15,16,17). The maximum absolute atomic E-state index is 5.14. The quantitative estimate of drug-likeness (QED) is 0.784. The van der Waals surface area contributed by atoms with Gasteiger partial charge in [-0.25, -0.2) is 9.97 Å². The summed E-state index contributed by atoms with van der Waals surface area (Å²) in [5.74, 6) is 2.55. The molecular weight excluding hydrogens is 240 g/mol. The zero-order valence-electron chi connectivity index (χ0n) is 12.7. The van der Waals surface area contributed by atoms with Gasteiger partial charge in [0.2, 0.25) is 0 Å². The first-order valence-electron chi connectivity index (χ1n) is 6.99. The molecule has 5 nitrogen and oxygen atoms in total. The molecule has 1 aromatic rings. The van der Waals surface area contributed by atoms with E-state index in [0.29, 0.717) is 12.6 Å². The lowest BCUT2D eigenvalue weighted by atomic mass is 10.3. The van der Waals surface area contributed by atoms with Crippen molar-refractivity contribution in [1.29, 1.82) is 0 Å². The van der Waals surface area contributed by atoms with Gasteiger partial charge in [-0.15, -0.1) is 0 Å². The minimum Gasteiger partial charge on any atom is -0.377 e. The van der Waals surface area contributed by atoms with Crippen molar-refractivity contribution in [3.63, 3.8) is 0 Å². The maximum Gasteiger partial charge on any atom is 0.158 e. The molecule has 0 atom stereocenters. The van der Waals surface area contributed by atoms with Crippen LogP contribution in [0.5, 0.6) is 0 Å². The topological polar surface area (TPSA) is 50.3 Å². The molecule has 1 rings (SSSR count). The Bertz CT molecular complexity index is 357. The Labute approximate surface area is 116 Å². The molecule has 0 spiro atoms. The van der Waals surface area contributed by atoms with Crippen LogP contribution < -0.4 is 10.2 Å². The van der Waals surface area contributed by atoms with Crippen molar-refractivity contribution >= 4 is 11.6 Å². The number of hydrogen-bond acceptors (Lipinski definition) is 5. The molecule has 0 radical (unpaired) electrons. The SMILES string of the molecule is CCCN(c1cc(NCC)nc(COC)n1)C(C)C. The molecule has 0 aromatic carbocycles. The molecule has 0 saturated heterocycles. The normalized spacial score (nSPS) is 10.8. The molecule has 0 aliphatic rings. The summed E-state index contributed by atoms with van der Waals surface area (Å²) in [6.45, 7) is 10.9. The van der Waals surface area contributed by atoms with Crippen LogP contribution in [0.25, 0.3) is 0 Å². The number of anilines is 2. The summed E-state index contributed by atoms with van der Waals surface area (Å²) < 4.78 is 5.14. The average molecular weight is 266 g/mol. The zero-order valence-corrected chi connectivity index (χ0v) is 12.7. The Hall–Kier alpha value is -1.36. The number of nitrogens with one attached hydrogen (secondary N) is 1. The van der Waals surface area contributed by atoms with Crippen LogP contribution in [-0.2, 0) is 11.3 Å². The first-order chi connectivity index (χ1) is 9.12. The number of methoxy groups -OCH3 is 1. The van der Waals surface area contributed by atoms with Crippen molar-refractivity contribution < 1.29 is 4.74 Å². The van der Waals surface area contributed by atoms with Gasteiger partial charge in [-0.3, -0.25) is 0 Å². The lowest BCUT2D eigenvalue weighted by Crippen LogP contribution is -2.32. The van der Waals surface area contributed by atoms with E-state index in [4.69, 9.17) is 4.74 Å². The fraction of sp³-hybridized carbons (Fsp3) is 0.714. The molecule has 19 heavy (non-hydrogen) atoms. The molecule has 0 bridgehead atoms. The second kappa shape index (κ2) is 7.94. The van der Waals surface area contributed by atoms with Gasteiger partial charge in [0.25, 0.3) is 0 Å². The minimum absolute atomic E-state index is 0.416. The molecule has 0 fully saturated rings. The fourth-order valence-corrected chi connectivity index (χ4v) is 1.97. The zero-order chi connectivity index (χ0) is 14.3. The van der Waals surface area contributed by atoms with Crippen LogP contribution >= 0.6 is 0 Å². The van der Waals surface area contributed by atoms with E-state index in [1.165, 1.54) is 0 Å². The number of aromatic nitrogens is 2. The molecule has 1 aromatic heterocycles. The van der Waals surface area contributed by atoms with Crippen LogP contribution in [0.1, 0.15) is 39.9 Å². The van der Waals surface area contributed by atoms with Crippen molar-refractivity contribution in [3.8, 4) is 0 Å². The highest BCUT2D eigenvalue weighted by molar-refractivity contribution is 5.50. The summed E-state index contributed by atoms with van der Waals surface area (Å²) in [6, 6.07) is 2.43. The van der Waals surface area contributed by atoms with Gasteiger partial charge in [0.15, 0.2) is 5.82 Å². The molecule has 108 valence electrons. The lowest BCUT2D eigenvalue weighted by Gasteiger charge is -2.28. The predicted molar refractivity (Wildman–Crippen MR) is 79.7 cm³/mol. The third-order valence-corrected chi connectivity index (χ3v) is 2.77. The van der Waals surface area contributed by atoms with Crippen molar-refractivity contribution in [2.24, 2.45) is 0 Å². The van der Waals surface area contributed by atoms with Gasteiger partial charge in [0.1, 0.15) is 18.2 Å². The van der Waals surface area contributed by atoms with E-state index in [2.05, 4.69) is 47.9 Å². The molecule has 5 heteroatoms. The van der Waals surface area contributed by atoms with Gasteiger partial charge < -0.3 is 15.0 Å². The highest BCUT2D eigenvalue weighted by Crippen LogP contribution is 2.19. The van der Waals surface area contributed by atoms with Crippen molar-refractivity contribution in [3.05, 3.63) is 11.9 Å². The molecule has 0 saturated carbocycles. The van der Waals surface area contributed by atoms with E-state index in [1.807, 2.05) is 6.07 Å². The van der Waals surface area contributed by atoms with Crippen LogP contribution in [0.4, 0.5) is 11.6 Å². The van der Waals surface area contributed by atoms with E-state index in [9.17, 15) is 0 Å². The van der Waals surface area contributed by atoms with E-state index < -0.39 is 0 Å². The molecule has 0 aliphatic heterocycles. The summed E-state index contributed by atoms with van der Waals surface area (Å²) >= 11 is 0. The first kappa shape index (κ1) is 15.7. The van der Waals surface area contributed by atoms with Crippen LogP contribution in [-0.4, -0.2) is 36.2 Å². The van der Waals surface area contributed by atoms with Gasteiger partial charge in [-0.1, -0.05) is 6.92 Å². The van der Waals surface area contributed by atoms with E-state index in [0.717, 1.165) is 37.0 Å². The monoisotopic (exact) mass is 266 g/mol. The number of ether oxygens (including phenoxy) is 1. The van der Waals surface area contributed by atoms with Crippen LogP contribution in [0.15, 0.2) is 6.07 Å². The lowest BCUT2D eigenvalue weighted by molar-refractivity contribution is 0.178. The summed E-state index contributed by atoms with van der Waals surface area (Å²) in [4.78, 5) is 11.3. The number of hydrogen-bond donors (Lipinski definition) is 1. The summed E-state index contributed by atoms with van der Waals surface area (Å²) in [5, 5.41) is 3.25. The first-order valence-corrected chi connectivity index (χ1v) is 6.99. The summed E-state index contributed by atoms with van der Waals surface area (Å²) in [5.41, 5.74) is 0. The van der Waals surface area contributed by atoms with Gasteiger partial charge in [0.05, 0.1) is 0 Å². The molecule has 0 aliphatic carbocycles. The number of nitrogens with zero attached hydrogens (tertiary/aromatic N) is 3. The Morgan fingerprint density at radius 3 is 2.58 bits per heavy atom. The molecule has 1 heterocycles. The van der Waals surface area contributed by atoms with Crippen LogP contribution in [0, 0.1) is 0 Å². The molecule has 0 unspecified atom stereocenters. The molecular formula is C14H26N4O. The Morgan fingerprint density at radius 2 is 2.05 bits per heavy atom. The molecule has 1 N–H and O–H groups in total. The second-order valence-electron chi connectivity index (χ2n) is 4.78. The van der Waals surface area contributed by atoms with E-state index >= 15 is 0 Å².